The molecule has 128 valence electrons. The van der Waals surface area contributed by atoms with Crippen molar-refractivity contribution < 1.29 is 9.53 Å². The van der Waals surface area contributed by atoms with Gasteiger partial charge in [-0.15, -0.1) is 0 Å². The van der Waals surface area contributed by atoms with E-state index in [-0.39, 0.29) is 11.9 Å². The Morgan fingerprint density at radius 2 is 2.25 bits per heavy atom. The first kappa shape index (κ1) is 17.3. The van der Waals surface area contributed by atoms with Gasteiger partial charge in [-0.05, 0) is 37.5 Å². The number of halogens is 1. The standard InChI is InChI=1S/C17H20ClN3O2S/c1-12-14(18)3-2-4-15(12)21-8-7-19-17(21)24-11-16(22)20-13-5-9-23-10-6-13/h2-4,7-8,13H,5-6,9-11H2,1H3,(H,20,22). The van der Waals surface area contributed by atoms with Crippen LogP contribution in [0.4, 0.5) is 0 Å². The third kappa shape index (κ3) is 4.12. The molecule has 2 aromatic rings. The van der Waals surface area contributed by atoms with Crippen LogP contribution in [-0.2, 0) is 9.53 Å². The Hall–Kier alpha value is -1.50. The Bertz CT molecular complexity index is 714. The monoisotopic (exact) mass is 365 g/mol. The summed E-state index contributed by atoms with van der Waals surface area (Å²) in [6.07, 6.45) is 5.38. The molecular formula is C17H20ClN3O2S. The van der Waals surface area contributed by atoms with E-state index in [1.54, 1.807) is 6.20 Å². The number of nitrogens with one attached hydrogen (secondary N) is 1. The molecule has 1 fully saturated rings. The summed E-state index contributed by atoms with van der Waals surface area (Å²) in [4.78, 5) is 16.5. The lowest BCUT2D eigenvalue weighted by molar-refractivity contribution is -0.119. The maximum atomic E-state index is 12.1. The Morgan fingerprint density at radius 1 is 1.46 bits per heavy atom. The molecule has 1 aliphatic heterocycles. The van der Waals surface area contributed by atoms with Crippen molar-refractivity contribution in [3.63, 3.8) is 0 Å². The first-order valence-corrected chi connectivity index (χ1v) is 9.30. The second-order valence-corrected chi connectivity index (χ2v) is 7.06. The predicted octanol–water partition coefficient (Wildman–Crippen LogP) is 3.22. The van der Waals surface area contributed by atoms with E-state index >= 15 is 0 Å². The van der Waals surface area contributed by atoms with Crippen LogP contribution in [0.15, 0.2) is 35.7 Å². The van der Waals surface area contributed by atoms with Gasteiger partial charge in [0.1, 0.15) is 0 Å². The number of amides is 1. The number of imidazole rings is 1. The van der Waals surface area contributed by atoms with Gasteiger partial charge >= 0.3 is 0 Å². The van der Waals surface area contributed by atoms with Gasteiger partial charge in [-0.3, -0.25) is 9.36 Å². The molecule has 0 radical (unpaired) electrons. The number of hydrogen-bond acceptors (Lipinski definition) is 4. The Balaban J connectivity index is 1.63. The van der Waals surface area contributed by atoms with Crippen LogP contribution in [0, 0.1) is 6.92 Å². The van der Waals surface area contributed by atoms with E-state index in [1.807, 2.05) is 35.9 Å². The number of thioether (sulfide) groups is 1. The zero-order valence-electron chi connectivity index (χ0n) is 13.5. The van der Waals surface area contributed by atoms with Crippen molar-refractivity contribution in [2.24, 2.45) is 0 Å². The summed E-state index contributed by atoms with van der Waals surface area (Å²) in [5.74, 6) is 0.373. The van der Waals surface area contributed by atoms with Crippen molar-refractivity contribution in [2.45, 2.75) is 31.0 Å². The predicted molar refractivity (Wildman–Crippen MR) is 96.0 cm³/mol. The third-order valence-electron chi connectivity index (χ3n) is 4.02. The van der Waals surface area contributed by atoms with Crippen molar-refractivity contribution in [3.05, 3.63) is 41.2 Å². The molecular weight excluding hydrogens is 346 g/mol. The summed E-state index contributed by atoms with van der Waals surface area (Å²) in [7, 11) is 0. The minimum atomic E-state index is 0.0317. The normalized spacial score (nSPS) is 15.4. The van der Waals surface area contributed by atoms with Crippen LogP contribution in [-0.4, -0.2) is 40.5 Å². The molecule has 2 heterocycles. The van der Waals surface area contributed by atoms with E-state index in [1.165, 1.54) is 11.8 Å². The van der Waals surface area contributed by atoms with Crippen molar-refractivity contribution in [2.75, 3.05) is 19.0 Å². The SMILES string of the molecule is Cc1c(Cl)cccc1-n1ccnc1SCC(=O)NC1CCOCC1. The number of rotatable bonds is 5. The molecule has 0 bridgehead atoms. The van der Waals surface area contributed by atoms with E-state index in [4.69, 9.17) is 16.3 Å². The summed E-state index contributed by atoms with van der Waals surface area (Å²) in [6.45, 7) is 3.41. The zero-order chi connectivity index (χ0) is 16.9. The fourth-order valence-electron chi connectivity index (χ4n) is 2.68. The number of carbonyl (C=O) groups is 1. The highest BCUT2D eigenvalue weighted by Crippen LogP contribution is 2.26. The average molecular weight is 366 g/mol. The summed E-state index contributed by atoms with van der Waals surface area (Å²) in [5, 5.41) is 4.56. The van der Waals surface area contributed by atoms with Gasteiger partial charge in [-0.2, -0.15) is 0 Å². The molecule has 7 heteroatoms. The van der Waals surface area contributed by atoms with Crippen molar-refractivity contribution >= 4 is 29.3 Å². The summed E-state index contributed by atoms with van der Waals surface area (Å²) < 4.78 is 7.27. The van der Waals surface area contributed by atoms with E-state index in [2.05, 4.69) is 10.3 Å². The molecule has 0 aliphatic carbocycles. The smallest absolute Gasteiger partial charge is 0.230 e. The van der Waals surface area contributed by atoms with Gasteiger partial charge in [0, 0.05) is 36.7 Å². The third-order valence-corrected chi connectivity index (χ3v) is 5.40. The van der Waals surface area contributed by atoms with Crippen LogP contribution in [0.1, 0.15) is 18.4 Å². The van der Waals surface area contributed by atoms with Crippen molar-refractivity contribution in [1.29, 1.82) is 0 Å². The first-order valence-electron chi connectivity index (χ1n) is 7.94. The number of benzene rings is 1. The lowest BCUT2D eigenvalue weighted by Gasteiger charge is -2.23. The molecule has 1 aromatic carbocycles. The quantitative estimate of drug-likeness (QED) is 0.826. The van der Waals surface area contributed by atoms with Crippen LogP contribution in [0.3, 0.4) is 0 Å². The molecule has 0 atom stereocenters. The molecule has 1 N–H and O–H groups in total. The molecule has 1 amide bonds. The van der Waals surface area contributed by atoms with Gasteiger partial charge in [0.05, 0.1) is 11.4 Å². The topological polar surface area (TPSA) is 56.2 Å². The Labute approximate surface area is 150 Å². The number of aromatic nitrogens is 2. The zero-order valence-corrected chi connectivity index (χ0v) is 15.1. The minimum Gasteiger partial charge on any atom is -0.381 e. The fraction of sp³-hybridized carbons (Fsp3) is 0.412. The first-order chi connectivity index (χ1) is 11.6. The molecule has 3 rings (SSSR count). The molecule has 1 aromatic heterocycles. The number of nitrogens with zero attached hydrogens (tertiary/aromatic N) is 2. The average Bonchev–Trinajstić information content (AvgIpc) is 3.05. The van der Waals surface area contributed by atoms with E-state index in [0.29, 0.717) is 5.75 Å². The van der Waals surface area contributed by atoms with E-state index in [0.717, 1.165) is 47.5 Å². The molecule has 1 saturated heterocycles. The largest absolute Gasteiger partial charge is 0.381 e. The van der Waals surface area contributed by atoms with Crippen molar-refractivity contribution in [1.82, 2.24) is 14.9 Å². The molecule has 0 saturated carbocycles. The lowest BCUT2D eigenvalue weighted by atomic mass is 10.1. The molecule has 24 heavy (non-hydrogen) atoms. The van der Waals surface area contributed by atoms with Gasteiger partial charge in [-0.1, -0.05) is 29.4 Å². The van der Waals surface area contributed by atoms with Crippen molar-refractivity contribution in [3.8, 4) is 5.69 Å². The summed E-state index contributed by atoms with van der Waals surface area (Å²) in [5.41, 5.74) is 1.97. The molecule has 0 unspecified atom stereocenters. The highest BCUT2D eigenvalue weighted by atomic mass is 35.5. The van der Waals surface area contributed by atoms with Crippen LogP contribution in [0.2, 0.25) is 5.02 Å². The van der Waals surface area contributed by atoms with E-state index in [9.17, 15) is 4.79 Å². The maximum Gasteiger partial charge on any atom is 0.230 e. The second kappa shape index (κ2) is 8.05. The van der Waals surface area contributed by atoms with Crippen LogP contribution in [0.5, 0.6) is 0 Å². The van der Waals surface area contributed by atoms with Crippen LogP contribution >= 0.6 is 23.4 Å². The maximum absolute atomic E-state index is 12.1. The molecule has 0 spiro atoms. The minimum absolute atomic E-state index is 0.0317. The highest BCUT2D eigenvalue weighted by molar-refractivity contribution is 7.99. The molecule has 5 nitrogen and oxygen atoms in total. The second-order valence-electron chi connectivity index (χ2n) is 5.71. The van der Waals surface area contributed by atoms with Gasteiger partial charge in [0.2, 0.25) is 5.91 Å². The molecule has 1 aliphatic rings. The van der Waals surface area contributed by atoms with E-state index < -0.39 is 0 Å². The number of hydrogen-bond donors (Lipinski definition) is 1. The summed E-state index contributed by atoms with van der Waals surface area (Å²) >= 11 is 7.63. The van der Waals surface area contributed by atoms with Gasteiger partial charge in [0.15, 0.2) is 5.16 Å². The Kier molecular flexibility index (Phi) is 5.81. The highest BCUT2D eigenvalue weighted by Gasteiger charge is 2.17. The lowest BCUT2D eigenvalue weighted by Crippen LogP contribution is -2.39. The number of carbonyl (C=O) groups excluding carboxylic acids is 1. The van der Waals surface area contributed by atoms with Gasteiger partial charge < -0.3 is 10.1 Å². The van der Waals surface area contributed by atoms with Crippen LogP contribution < -0.4 is 5.32 Å². The van der Waals surface area contributed by atoms with Crippen LogP contribution in [0.25, 0.3) is 5.69 Å². The van der Waals surface area contributed by atoms with Gasteiger partial charge in [-0.25, -0.2) is 4.98 Å². The fourth-order valence-corrected chi connectivity index (χ4v) is 3.63. The van der Waals surface area contributed by atoms with Gasteiger partial charge in [0.25, 0.3) is 0 Å². The number of ether oxygens (including phenoxy) is 1. The summed E-state index contributed by atoms with van der Waals surface area (Å²) in [6, 6.07) is 6.00. The Morgan fingerprint density at radius 3 is 3.04 bits per heavy atom.